The van der Waals surface area contributed by atoms with Gasteiger partial charge in [0.25, 0.3) is 5.91 Å². The predicted octanol–water partition coefficient (Wildman–Crippen LogP) is 4.47. The van der Waals surface area contributed by atoms with Gasteiger partial charge in [0, 0.05) is 30.5 Å². The fourth-order valence-corrected chi connectivity index (χ4v) is 2.53. The number of carbonyl (C=O) groups excluding carboxylic acids is 1. The summed E-state index contributed by atoms with van der Waals surface area (Å²) in [6.45, 7) is 4.59. The van der Waals surface area contributed by atoms with Crippen LogP contribution in [0.25, 0.3) is 0 Å². The quantitative estimate of drug-likeness (QED) is 0.692. The topological polar surface area (TPSA) is 77.2 Å². The zero-order valence-electron chi connectivity index (χ0n) is 14.6. The van der Waals surface area contributed by atoms with Gasteiger partial charge in [-0.1, -0.05) is 25.4 Å². The normalized spacial score (nSPS) is 11.1. The third-order valence-corrected chi connectivity index (χ3v) is 3.74. The smallest absolute Gasteiger partial charge is 0.251 e. The van der Waals surface area contributed by atoms with Crippen molar-refractivity contribution in [3.8, 4) is 11.5 Å². The van der Waals surface area contributed by atoms with E-state index in [4.69, 9.17) is 22.1 Å². The Morgan fingerprint density at radius 1 is 1.23 bits per heavy atom. The summed E-state index contributed by atoms with van der Waals surface area (Å²) in [6, 6.07) is 8.36. The molecule has 0 saturated heterocycles. The molecular formula is C18H24Cl3N3O2. The molecule has 8 heteroatoms. The first-order valence-corrected chi connectivity index (χ1v) is 8.25. The number of hydrogen-bond donors (Lipinski definition) is 2. The third-order valence-electron chi connectivity index (χ3n) is 3.45. The molecule has 0 fully saturated rings. The lowest BCUT2D eigenvalue weighted by atomic mass is 10.0. The second kappa shape index (κ2) is 12.0. The molecule has 0 radical (unpaired) electrons. The Hall–Kier alpha value is -1.53. The second-order valence-electron chi connectivity index (χ2n) is 5.97. The third kappa shape index (κ3) is 7.38. The van der Waals surface area contributed by atoms with E-state index in [0.717, 1.165) is 6.42 Å². The highest BCUT2D eigenvalue weighted by atomic mass is 35.5. The van der Waals surface area contributed by atoms with Crippen molar-refractivity contribution in [1.82, 2.24) is 10.3 Å². The number of hydrogen-bond acceptors (Lipinski definition) is 4. The molecule has 0 spiro atoms. The Morgan fingerprint density at radius 3 is 2.42 bits per heavy atom. The zero-order chi connectivity index (χ0) is 17.5. The van der Waals surface area contributed by atoms with Crippen molar-refractivity contribution >= 4 is 42.3 Å². The van der Waals surface area contributed by atoms with Gasteiger partial charge in [0.1, 0.15) is 11.5 Å². The number of ether oxygens (including phenoxy) is 1. The highest BCUT2D eigenvalue weighted by molar-refractivity contribution is 6.32. The Bertz CT molecular complexity index is 685. The largest absolute Gasteiger partial charge is 0.456 e. The molecule has 0 saturated carbocycles. The molecule has 1 aromatic carbocycles. The summed E-state index contributed by atoms with van der Waals surface area (Å²) < 4.78 is 5.68. The molecule has 2 aromatic rings. The van der Waals surface area contributed by atoms with Gasteiger partial charge < -0.3 is 15.8 Å². The first kappa shape index (κ1) is 24.5. The van der Waals surface area contributed by atoms with Crippen LogP contribution in [-0.2, 0) is 0 Å². The molecule has 26 heavy (non-hydrogen) atoms. The molecule has 1 heterocycles. The van der Waals surface area contributed by atoms with Gasteiger partial charge in [-0.05, 0) is 42.7 Å². The van der Waals surface area contributed by atoms with Gasteiger partial charge in [-0.3, -0.25) is 9.78 Å². The van der Waals surface area contributed by atoms with E-state index >= 15 is 0 Å². The molecule has 1 amide bonds. The SMILES string of the molecule is CC(C)CC(CN)NC(=O)c1ccc(Oc2ccncc2)c(Cl)c1.Cl.Cl. The standard InChI is InChI=1S/C18H22ClN3O2.2ClH/c1-12(2)9-14(11-20)22-18(23)13-3-4-17(16(19)10-13)24-15-5-7-21-8-6-15;;/h3-8,10,12,14H,9,11,20H2,1-2H3,(H,22,23);2*1H. The summed E-state index contributed by atoms with van der Waals surface area (Å²) in [5.74, 6) is 1.38. The van der Waals surface area contributed by atoms with Crippen LogP contribution in [0.15, 0.2) is 42.7 Å². The molecule has 1 atom stereocenters. The Kier molecular flexibility index (Phi) is 11.3. The second-order valence-corrected chi connectivity index (χ2v) is 6.37. The number of amides is 1. The van der Waals surface area contributed by atoms with E-state index in [9.17, 15) is 4.79 Å². The summed E-state index contributed by atoms with van der Waals surface area (Å²) in [4.78, 5) is 16.3. The number of halogens is 3. The van der Waals surface area contributed by atoms with Crippen molar-refractivity contribution in [2.45, 2.75) is 26.3 Å². The maximum atomic E-state index is 12.3. The summed E-state index contributed by atoms with van der Waals surface area (Å²) in [6.07, 6.45) is 4.10. The van der Waals surface area contributed by atoms with E-state index < -0.39 is 0 Å². The van der Waals surface area contributed by atoms with E-state index in [1.54, 1.807) is 42.7 Å². The van der Waals surface area contributed by atoms with Crippen LogP contribution in [-0.4, -0.2) is 23.5 Å². The van der Waals surface area contributed by atoms with Crippen molar-refractivity contribution < 1.29 is 9.53 Å². The lowest BCUT2D eigenvalue weighted by molar-refractivity contribution is 0.0933. The molecule has 0 aliphatic heterocycles. The molecule has 0 aliphatic carbocycles. The number of nitrogens with zero attached hydrogens (tertiary/aromatic N) is 1. The Morgan fingerprint density at radius 2 is 1.88 bits per heavy atom. The summed E-state index contributed by atoms with van der Waals surface area (Å²) in [5, 5.41) is 3.31. The summed E-state index contributed by atoms with van der Waals surface area (Å²) in [5.41, 5.74) is 6.20. The Balaban J connectivity index is 0.00000312. The molecule has 1 unspecified atom stereocenters. The van der Waals surface area contributed by atoms with Gasteiger partial charge >= 0.3 is 0 Å². The van der Waals surface area contributed by atoms with Crippen LogP contribution in [0.5, 0.6) is 11.5 Å². The van der Waals surface area contributed by atoms with Crippen molar-refractivity contribution in [3.63, 3.8) is 0 Å². The number of pyridine rings is 1. The fourth-order valence-electron chi connectivity index (χ4n) is 2.31. The highest BCUT2D eigenvalue weighted by Gasteiger charge is 2.15. The van der Waals surface area contributed by atoms with Crippen LogP contribution in [0.1, 0.15) is 30.6 Å². The minimum Gasteiger partial charge on any atom is -0.456 e. The summed E-state index contributed by atoms with van der Waals surface area (Å²) >= 11 is 6.23. The predicted molar refractivity (Wildman–Crippen MR) is 110 cm³/mol. The molecule has 1 aromatic heterocycles. The molecule has 5 nitrogen and oxygen atoms in total. The van der Waals surface area contributed by atoms with E-state index in [-0.39, 0.29) is 36.8 Å². The number of benzene rings is 1. The van der Waals surface area contributed by atoms with E-state index in [2.05, 4.69) is 24.1 Å². The van der Waals surface area contributed by atoms with Gasteiger partial charge in [0.2, 0.25) is 0 Å². The van der Waals surface area contributed by atoms with Gasteiger partial charge in [-0.25, -0.2) is 0 Å². The van der Waals surface area contributed by atoms with Crippen LogP contribution in [0.2, 0.25) is 5.02 Å². The van der Waals surface area contributed by atoms with Gasteiger partial charge in [0.15, 0.2) is 0 Å². The number of rotatable bonds is 7. The average molecular weight is 421 g/mol. The van der Waals surface area contributed by atoms with Crippen LogP contribution in [0.3, 0.4) is 0 Å². The Labute approximate surface area is 171 Å². The molecule has 144 valence electrons. The van der Waals surface area contributed by atoms with Crippen LogP contribution >= 0.6 is 36.4 Å². The number of carbonyl (C=O) groups is 1. The number of aromatic nitrogens is 1. The zero-order valence-corrected chi connectivity index (χ0v) is 17.0. The lowest BCUT2D eigenvalue weighted by Gasteiger charge is -2.19. The minimum absolute atomic E-state index is 0. The summed E-state index contributed by atoms with van der Waals surface area (Å²) in [7, 11) is 0. The van der Waals surface area contributed by atoms with Crippen molar-refractivity contribution in [2.75, 3.05) is 6.54 Å². The minimum atomic E-state index is -0.191. The maximum Gasteiger partial charge on any atom is 0.251 e. The fraction of sp³-hybridized carbons (Fsp3) is 0.333. The number of nitrogens with two attached hydrogens (primary N) is 1. The average Bonchev–Trinajstić information content (AvgIpc) is 2.56. The van der Waals surface area contributed by atoms with E-state index in [1.807, 2.05) is 0 Å². The molecule has 0 bridgehead atoms. The molecule has 0 aliphatic rings. The van der Waals surface area contributed by atoms with Gasteiger partial charge in [-0.2, -0.15) is 0 Å². The lowest BCUT2D eigenvalue weighted by Crippen LogP contribution is -2.41. The van der Waals surface area contributed by atoms with Crippen LogP contribution in [0, 0.1) is 5.92 Å². The number of nitrogens with one attached hydrogen (secondary N) is 1. The first-order chi connectivity index (χ1) is 11.5. The van der Waals surface area contributed by atoms with Gasteiger partial charge in [0.05, 0.1) is 5.02 Å². The van der Waals surface area contributed by atoms with Crippen LogP contribution < -0.4 is 15.8 Å². The van der Waals surface area contributed by atoms with Crippen LogP contribution in [0.4, 0.5) is 0 Å². The van der Waals surface area contributed by atoms with E-state index in [1.165, 1.54) is 0 Å². The van der Waals surface area contributed by atoms with Crippen molar-refractivity contribution in [1.29, 1.82) is 0 Å². The van der Waals surface area contributed by atoms with Gasteiger partial charge in [-0.15, -0.1) is 24.8 Å². The molecular weight excluding hydrogens is 397 g/mol. The first-order valence-electron chi connectivity index (χ1n) is 7.88. The highest BCUT2D eigenvalue weighted by Crippen LogP contribution is 2.29. The van der Waals surface area contributed by atoms with Crippen molar-refractivity contribution in [3.05, 3.63) is 53.3 Å². The van der Waals surface area contributed by atoms with Crippen molar-refractivity contribution in [2.24, 2.45) is 11.7 Å². The molecule has 3 N–H and O–H groups in total. The molecule has 2 rings (SSSR count). The maximum absolute atomic E-state index is 12.3. The monoisotopic (exact) mass is 419 g/mol. The van der Waals surface area contributed by atoms with E-state index in [0.29, 0.717) is 34.5 Å².